The van der Waals surface area contributed by atoms with E-state index in [0.29, 0.717) is 12.8 Å². The van der Waals surface area contributed by atoms with Gasteiger partial charge < -0.3 is 15.3 Å². The SMILES string of the molecule is O=C(NCCCCO)c1cc([N+](=O)[O-])cc([N+](=O)[O-])c1N(CCCl)CCCl. The molecule has 0 bridgehead atoms. The summed E-state index contributed by atoms with van der Waals surface area (Å²) in [6.07, 6.45) is 0.953. The maximum Gasteiger partial charge on any atom is 0.300 e. The second-order valence-corrected chi connectivity index (χ2v) is 6.18. The lowest BCUT2D eigenvalue weighted by Gasteiger charge is -2.24. The van der Waals surface area contributed by atoms with Crippen molar-refractivity contribution in [3.63, 3.8) is 0 Å². The lowest BCUT2D eigenvalue weighted by molar-refractivity contribution is -0.393. The number of aliphatic hydroxyl groups is 1. The number of nitro benzene ring substituents is 2. The molecule has 12 heteroatoms. The second kappa shape index (κ2) is 11.5. The molecule has 0 aliphatic heterocycles. The highest BCUT2D eigenvalue weighted by Gasteiger charge is 2.30. The largest absolute Gasteiger partial charge is 0.396 e. The highest BCUT2D eigenvalue weighted by molar-refractivity contribution is 6.18. The Kier molecular flexibility index (Phi) is 9.76. The topological polar surface area (TPSA) is 139 Å². The van der Waals surface area contributed by atoms with Crippen LogP contribution in [0.3, 0.4) is 0 Å². The van der Waals surface area contributed by atoms with Gasteiger partial charge in [0.15, 0.2) is 0 Å². The summed E-state index contributed by atoms with van der Waals surface area (Å²) >= 11 is 11.5. The number of nitro groups is 2. The third-order valence-electron chi connectivity index (χ3n) is 3.62. The molecule has 0 saturated heterocycles. The number of nitrogens with one attached hydrogen (secondary N) is 1. The van der Waals surface area contributed by atoms with Gasteiger partial charge in [-0.2, -0.15) is 0 Å². The van der Waals surface area contributed by atoms with Crippen molar-refractivity contribution in [3.8, 4) is 0 Å². The quantitative estimate of drug-likeness (QED) is 0.228. The number of amides is 1. The average Bonchev–Trinajstić information content (AvgIpc) is 2.63. The van der Waals surface area contributed by atoms with E-state index in [0.717, 1.165) is 12.1 Å². The van der Waals surface area contributed by atoms with Gasteiger partial charge in [0.05, 0.1) is 21.5 Å². The van der Waals surface area contributed by atoms with Gasteiger partial charge >= 0.3 is 0 Å². The summed E-state index contributed by atoms with van der Waals surface area (Å²) in [5.41, 5.74) is -1.40. The van der Waals surface area contributed by atoms with Crippen molar-refractivity contribution in [2.45, 2.75) is 12.8 Å². The average molecular weight is 423 g/mol. The molecular weight excluding hydrogens is 403 g/mol. The Balaban J connectivity index is 3.46. The number of carbonyl (C=O) groups is 1. The van der Waals surface area contributed by atoms with Crippen LogP contribution in [0.1, 0.15) is 23.2 Å². The summed E-state index contributed by atoms with van der Waals surface area (Å²) < 4.78 is 0. The van der Waals surface area contributed by atoms with Crippen LogP contribution >= 0.6 is 23.2 Å². The van der Waals surface area contributed by atoms with Crippen molar-refractivity contribution in [1.82, 2.24) is 5.32 Å². The van der Waals surface area contributed by atoms with Gasteiger partial charge in [-0.15, -0.1) is 23.2 Å². The molecule has 2 N–H and O–H groups in total. The Bertz CT molecular complexity index is 683. The number of hydrogen-bond acceptors (Lipinski definition) is 7. The van der Waals surface area contributed by atoms with Gasteiger partial charge in [-0.1, -0.05) is 0 Å². The number of non-ortho nitro benzene ring substituents is 1. The van der Waals surface area contributed by atoms with Crippen molar-refractivity contribution in [3.05, 3.63) is 37.9 Å². The number of benzene rings is 1. The van der Waals surface area contributed by atoms with E-state index in [1.807, 2.05) is 0 Å². The minimum atomic E-state index is -0.799. The molecule has 0 spiro atoms. The standard InChI is InChI=1S/C15H20Cl2N4O6/c16-3-6-19(7-4-17)14-12(15(23)18-5-1-2-8-22)9-11(20(24)25)10-13(14)21(26)27/h9-10,22H,1-8H2,(H,18,23). The number of aliphatic hydroxyl groups excluding tert-OH is 1. The molecule has 1 aromatic carbocycles. The summed E-state index contributed by atoms with van der Waals surface area (Å²) in [5.74, 6) is -0.463. The molecule has 0 aliphatic rings. The highest BCUT2D eigenvalue weighted by Crippen LogP contribution is 2.36. The number of anilines is 1. The Labute approximate surface area is 165 Å². The van der Waals surface area contributed by atoms with Gasteiger partial charge in [0.2, 0.25) is 0 Å². The first kappa shape index (κ1) is 22.9. The molecule has 10 nitrogen and oxygen atoms in total. The van der Waals surface area contributed by atoms with Crippen molar-refractivity contribution in [1.29, 1.82) is 0 Å². The van der Waals surface area contributed by atoms with Gasteiger partial charge in [-0.25, -0.2) is 0 Å². The Hall–Kier alpha value is -2.17. The zero-order valence-electron chi connectivity index (χ0n) is 14.4. The van der Waals surface area contributed by atoms with E-state index in [-0.39, 0.29) is 49.3 Å². The molecular formula is C15H20Cl2N4O6. The third kappa shape index (κ3) is 6.49. The molecule has 0 fully saturated rings. The normalized spacial score (nSPS) is 10.5. The number of rotatable bonds is 12. The first-order valence-electron chi connectivity index (χ1n) is 8.10. The lowest BCUT2D eigenvalue weighted by atomic mass is 10.1. The summed E-state index contributed by atoms with van der Waals surface area (Å²) in [6, 6.07) is 1.81. The number of carbonyl (C=O) groups excluding carboxylic acids is 1. The second-order valence-electron chi connectivity index (χ2n) is 5.43. The van der Waals surface area contributed by atoms with Crippen LogP contribution in [0.15, 0.2) is 12.1 Å². The van der Waals surface area contributed by atoms with Gasteiger partial charge in [-0.3, -0.25) is 25.0 Å². The highest BCUT2D eigenvalue weighted by atomic mass is 35.5. The zero-order chi connectivity index (χ0) is 20.4. The molecule has 0 aromatic heterocycles. The van der Waals surface area contributed by atoms with Crippen LogP contribution in [0.25, 0.3) is 0 Å². The van der Waals surface area contributed by atoms with E-state index >= 15 is 0 Å². The first-order chi connectivity index (χ1) is 12.9. The van der Waals surface area contributed by atoms with Gasteiger partial charge in [-0.05, 0) is 12.8 Å². The fourth-order valence-corrected chi connectivity index (χ4v) is 2.84. The number of hydrogen-bond donors (Lipinski definition) is 2. The first-order valence-corrected chi connectivity index (χ1v) is 9.17. The van der Waals surface area contributed by atoms with Gasteiger partial charge in [0.1, 0.15) is 5.69 Å². The number of nitrogens with zero attached hydrogens (tertiary/aromatic N) is 3. The Morgan fingerprint density at radius 2 is 1.74 bits per heavy atom. The fourth-order valence-electron chi connectivity index (χ4n) is 2.43. The molecule has 150 valence electrons. The van der Waals surface area contributed by atoms with E-state index in [9.17, 15) is 25.0 Å². The predicted octanol–water partition coefficient (Wildman–Crippen LogP) is 2.29. The summed E-state index contributed by atoms with van der Waals surface area (Å²) in [4.78, 5) is 35.1. The summed E-state index contributed by atoms with van der Waals surface area (Å²) in [7, 11) is 0. The van der Waals surface area contributed by atoms with Crippen LogP contribution in [0.2, 0.25) is 0 Å². The smallest absolute Gasteiger partial charge is 0.300 e. The third-order valence-corrected chi connectivity index (χ3v) is 3.96. The maximum atomic E-state index is 12.6. The summed E-state index contributed by atoms with van der Waals surface area (Å²) in [5, 5.41) is 34.0. The van der Waals surface area contributed by atoms with Crippen molar-refractivity contribution in [2.24, 2.45) is 0 Å². The lowest BCUT2D eigenvalue weighted by Crippen LogP contribution is -2.32. The van der Waals surface area contributed by atoms with E-state index < -0.39 is 27.1 Å². The molecule has 0 atom stereocenters. The zero-order valence-corrected chi connectivity index (χ0v) is 15.9. The van der Waals surface area contributed by atoms with E-state index in [4.69, 9.17) is 28.3 Å². The van der Waals surface area contributed by atoms with E-state index in [1.54, 1.807) is 0 Å². The Morgan fingerprint density at radius 1 is 1.11 bits per heavy atom. The van der Waals surface area contributed by atoms with Crippen LogP contribution < -0.4 is 10.2 Å². The fraction of sp³-hybridized carbons (Fsp3) is 0.533. The molecule has 1 amide bonds. The molecule has 1 rings (SSSR count). The monoisotopic (exact) mass is 422 g/mol. The molecule has 1 aromatic rings. The molecule has 0 heterocycles. The maximum absolute atomic E-state index is 12.6. The molecule has 0 aliphatic carbocycles. The van der Waals surface area contributed by atoms with Crippen molar-refractivity contribution >= 4 is 46.2 Å². The van der Waals surface area contributed by atoms with Crippen molar-refractivity contribution in [2.75, 3.05) is 42.9 Å². The van der Waals surface area contributed by atoms with E-state index in [2.05, 4.69) is 5.32 Å². The van der Waals surface area contributed by atoms with Crippen LogP contribution in [-0.4, -0.2) is 58.9 Å². The molecule has 0 saturated carbocycles. The Morgan fingerprint density at radius 3 is 2.22 bits per heavy atom. The van der Waals surface area contributed by atoms with Gasteiger partial charge in [0, 0.05) is 44.1 Å². The van der Waals surface area contributed by atoms with Gasteiger partial charge in [0.25, 0.3) is 17.3 Å². The van der Waals surface area contributed by atoms with Crippen molar-refractivity contribution < 1.29 is 19.7 Å². The van der Waals surface area contributed by atoms with Crippen LogP contribution in [0.5, 0.6) is 0 Å². The minimum Gasteiger partial charge on any atom is -0.396 e. The predicted molar refractivity (Wildman–Crippen MR) is 102 cm³/mol. The molecule has 0 radical (unpaired) electrons. The molecule has 27 heavy (non-hydrogen) atoms. The number of halogens is 2. The summed E-state index contributed by atoms with van der Waals surface area (Å²) in [6.45, 7) is 0.498. The van der Waals surface area contributed by atoms with Crippen LogP contribution in [0, 0.1) is 20.2 Å². The van der Waals surface area contributed by atoms with Crippen LogP contribution in [0.4, 0.5) is 17.1 Å². The van der Waals surface area contributed by atoms with E-state index in [1.165, 1.54) is 4.90 Å². The number of alkyl halides is 2. The van der Waals surface area contributed by atoms with Crippen LogP contribution in [-0.2, 0) is 0 Å². The molecule has 0 unspecified atom stereocenters. The number of unbranched alkanes of at least 4 members (excludes halogenated alkanes) is 1. The minimum absolute atomic E-state index is 0.0391.